The van der Waals surface area contributed by atoms with Gasteiger partial charge in [0, 0.05) is 26.3 Å². The van der Waals surface area contributed by atoms with E-state index in [0.717, 1.165) is 36.8 Å². The van der Waals surface area contributed by atoms with E-state index in [1.165, 1.54) is 17.7 Å². The fraction of sp³-hybridized carbons (Fsp3) is 0.600. The zero-order chi connectivity index (χ0) is 15.5. The Morgan fingerprint density at radius 2 is 2.32 bits per heavy atom. The molecule has 1 saturated carbocycles. The highest BCUT2D eigenvalue weighted by Crippen LogP contribution is 2.39. The first-order chi connectivity index (χ1) is 10.7. The van der Waals surface area contributed by atoms with Crippen LogP contribution in [0.2, 0.25) is 0 Å². The van der Waals surface area contributed by atoms with Crippen LogP contribution in [0.1, 0.15) is 25.3 Å². The second-order valence-corrected chi connectivity index (χ2v) is 7.06. The first-order valence-corrected chi connectivity index (χ1v) is 8.90. The predicted octanol–water partition coefficient (Wildman–Crippen LogP) is 3.40. The third-order valence-corrected chi connectivity index (χ3v) is 5.06. The molecular weight excluding hydrogens is 316 g/mol. The first-order valence-electron chi connectivity index (χ1n) is 7.61. The molecule has 0 spiro atoms. The summed E-state index contributed by atoms with van der Waals surface area (Å²) in [5.41, 5.74) is 0. The van der Waals surface area contributed by atoms with E-state index in [4.69, 9.17) is 22.1 Å². The average molecular weight is 339 g/mol. The lowest BCUT2D eigenvalue weighted by Crippen LogP contribution is -2.24. The van der Waals surface area contributed by atoms with Crippen molar-refractivity contribution in [3.8, 4) is 10.7 Å². The molecule has 0 radical (unpaired) electrons. The van der Waals surface area contributed by atoms with Crippen LogP contribution in [0, 0.1) is 4.77 Å². The van der Waals surface area contributed by atoms with Crippen LogP contribution < -0.4 is 0 Å². The molecule has 0 bridgehead atoms. The minimum absolute atomic E-state index is 0.539. The van der Waals surface area contributed by atoms with Crippen molar-refractivity contribution in [3.63, 3.8) is 0 Å². The van der Waals surface area contributed by atoms with Crippen molar-refractivity contribution in [2.45, 2.75) is 32.0 Å². The average Bonchev–Trinajstić information content (AvgIpc) is 3.08. The van der Waals surface area contributed by atoms with Crippen LogP contribution in [0.3, 0.4) is 0 Å². The Morgan fingerprint density at radius 3 is 2.95 bits per heavy atom. The SMILES string of the molecule is COCCCN(C)Cn1nc(-c2cccs2)n(C2CC2)c1=S. The molecule has 2 aromatic heterocycles. The van der Waals surface area contributed by atoms with Crippen molar-refractivity contribution in [1.82, 2.24) is 19.2 Å². The summed E-state index contributed by atoms with van der Waals surface area (Å²) in [6.45, 7) is 2.48. The Morgan fingerprint density at radius 1 is 1.50 bits per heavy atom. The Kier molecular flexibility index (Phi) is 5.07. The van der Waals surface area contributed by atoms with E-state index in [0.29, 0.717) is 6.04 Å². The van der Waals surface area contributed by atoms with Crippen molar-refractivity contribution in [2.24, 2.45) is 0 Å². The van der Waals surface area contributed by atoms with Gasteiger partial charge < -0.3 is 4.74 Å². The molecular formula is C15H22N4OS2. The molecule has 5 nitrogen and oxygen atoms in total. The number of ether oxygens (including phenoxy) is 1. The molecule has 0 unspecified atom stereocenters. The Bertz CT molecular complexity index is 658. The van der Waals surface area contributed by atoms with Crippen molar-refractivity contribution in [1.29, 1.82) is 0 Å². The summed E-state index contributed by atoms with van der Waals surface area (Å²) >= 11 is 7.39. The number of nitrogens with zero attached hydrogens (tertiary/aromatic N) is 4. The number of hydrogen-bond acceptors (Lipinski definition) is 5. The highest BCUT2D eigenvalue weighted by molar-refractivity contribution is 7.71. The van der Waals surface area contributed by atoms with E-state index in [-0.39, 0.29) is 0 Å². The van der Waals surface area contributed by atoms with Gasteiger partial charge in [-0.15, -0.1) is 16.4 Å². The van der Waals surface area contributed by atoms with Gasteiger partial charge in [-0.2, -0.15) is 0 Å². The van der Waals surface area contributed by atoms with Gasteiger partial charge in [-0.3, -0.25) is 9.47 Å². The highest BCUT2D eigenvalue weighted by atomic mass is 32.1. The van der Waals surface area contributed by atoms with Gasteiger partial charge in [0.1, 0.15) is 0 Å². The lowest BCUT2D eigenvalue weighted by molar-refractivity contribution is 0.168. The quantitative estimate of drug-likeness (QED) is 0.546. The maximum absolute atomic E-state index is 5.67. The summed E-state index contributed by atoms with van der Waals surface area (Å²) in [4.78, 5) is 3.43. The second kappa shape index (κ2) is 7.04. The zero-order valence-corrected chi connectivity index (χ0v) is 14.7. The van der Waals surface area contributed by atoms with Crippen molar-refractivity contribution in [2.75, 3.05) is 27.3 Å². The fourth-order valence-corrected chi connectivity index (χ4v) is 3.57. The summed E-state index contributed by atoms with van der Waals surface area (Å²) in [5, 5.41) is 6.88. The van der Waals surface area contributed by atoms with Crippen LogP contribution in [0.15, 0.2) is 17.5 Å². The third kappa shape index (κ3) is 3.48. The van der Waals surface area contributed by atoms with Gasteiger partial charge >= 0.3 is 0 Å². The molecule has 0 atom stereocenters. The molecule has 2 heterocycles. The molecule has 0 saturated heterocycles. The summed E-state index contributed by atoms with van der Waals surface area (Å²) < 4.78 is 10.1. The maximum atomic E-state index is 5.67. The normalized spacial score (nSPS) is 14.9. The molecule has 0 amide bonds. The Labute approximate surface area is 140 Å². The van der Waals surface area contributed by atoms with Crippen LogP contribution in [-0.2, 0) is 11.4 Å². The van der Waals surface area contributed by atoms with Crippen molar-refractivity contribution < 1.29 is 4.74 Å². The summed E-state index contributed by atoms with van der Waals surface area (Å²) in [7, 11) is 3.83. The van der Waals surface area contributed by atoms with Crippen LogP contribution >= 0.6 is 23.6 Å². The van der Waals surface area contributed by atoms with Crippen LogP contribution in [-0.4, -0.2) is 46.6 Å². The smallest absolute Gasteiger partial charge is 0.199 e. The number of aromatic nitrogens is 3. The largest absolute Gasteiger partial charge is 0.385 e. The predicted molar refractivity (Wildman–Crippen MR) is 91.8 cm³/mol. The molecule has 1 aliphatic carbocycles. The van der Waals surface area contributed by atoms with Crippen LogP contribution in [0.4, 0.5) is 0 Å². The Balaban J connectivity index is 1.80. The maximum Gasteiger partial charge on any atom is 0.199 e. The molecule has 0 N–H and O–H groups in total. The van der Waals surface area contributed by atoms with E-state index >= 15 is 0 Å². The molecule has 1 fully saturated rings. The minimum Gasteiger partial charge on any atom is -0.385 e. The molecule has 2 aromatic rings. The molecule has 22 heavy (non-hydrogen) atoms. The standard InChI is InChI=1S/C15H22N4OS2/c1-17(8-4-9-20-2)11-18-15(21)19(12-6-7-12)14(16-18)13-5-3-10-22-13/h3,5,10,12H,4,6-9,11H2,1-2H3. The van der Waals surface area contributed by atoms with E-state index in [1.54, 1.807) is 18.4 Å². The minimum atomic E-state index is 0.539. The molecule has 7 heteroatoms. The van der Waals surface area contributed by atoms with E-state index < -0.39 is 0 Å². The second-order valence-electron chi connectivity index (χ2n) is 5.75. The van der Waals surface area contributed by atoms with Gasteiger partial charge in [-0.05, 0) is 50.0 Å². The third-order valence-electron chi connectivity index (χ3n) is 3.79. The van der Waals surface area contributed by atoms with E-state index in [2.05, 4.69) is 34.0 Å². The Hall–Kier alpha value is -1.02. The van der Waals surface area contributed by atoms with Gasteiger partial charge in [0.15, 0.2) is 10.6 Å². The number of rotatable bonds is 8. The van der Waals surface area contributed by atoms with E-state index in [1.807, 2.05) is 4.68 Å². The lowest BCUT2D eigenvalue weighted by Gasteiger charge is -2.15. The highest BCUT2D eigenvalue weighted by Gasteiger charge is 2.29. The molecule has 120 valence electrons. The van der Waals surface area contributed by atoms with E-state index in [9.17, 15) is 0 Å². The summed E-state index contributed by atoms with van der Waals surface area (Å²) in [6.07, 6.45) is 3.44. The summed E-state index contributed by atoms with van der Waals surface area (Å²) in [6, 6.07) is 4.72. The number of thiophene rings is 1. The molecule has 0 aromatic carbocycles. The van der Waals surface area contributed by atoms with Crippen LogP contribution in [0.5, 0.6) is 0 Å². The number of methoxy groups -OCH3 is 1. The fourth-order valence-electron chi connectivity index (χ4n) is 2.53. The molecule has 3 rings (SSSR count). The van der Waals surface area contributed by atoms with Gasteiger partial charge in [-0.1, -0.05) is 6.07 Å². The summed E-state index contributed by atoms with van der Waals surface area (Å²) in [5.74, 6) is 1.02. The molecule has 0 aliphatic heterocycles. The van der Waals surface area contributed by atoms with Gasteiger partial charge in [0.05, 0.1) is 11.5 Å². The lowest BCUT2D eigenvalue weighted by atomic mass is 10.4. The zero-order valence-electron chi connectivity index (χ0n) is 13.1. The van der Waals surface area contributed by atoms with Crippen LogP contribution in [0.25, 0.3) is 10.7 Å². The topological polar surface area (TPSA) is 35.2 Å². The first kappa shape index (κ1) is 15.9. The van der Waals surface area contributed by atoms with Crippen molar-refractivity contribution >= 4 is 23.6 Å². The van der Waals surface area contributed by atoms with Gasteiger partial charge in [0.25, 0.3) is 0 Å². The number of hydrogen-bond donors (Lipinski definition) is 0. The van der Waals surface area contributed by atoms with Crippen molar-refractivity contribution in [3.05, 3.63) is 22.3 Å². The molecule has 1 aliphatic rings. The monoisotopic (exact) mass is 338 g/mol. The van der Waals surface area contributed by atoms with Gasteiger partial charge in [-0.25, -0.2) is 4.68 Å². The van der Waals surface area contributed by atoms with Gasteiger partial charge in [0.2, 0.25) is 0 Å².